The molecule has 16 aromatic rings. The molecule has 1 aromatic heterocycles. The van der Waals surface area contributed by atoms with Gasteiger partial charge in [-0.25, -0.2) is 30.7 Å². The fourth-order valence-corrected chi connectivity index (χ4v) is 25.4. The summed E-state index contributed by atoms with van der Waals surface area (Å²) < 4.78 is 423. The molecule has 728 valence electrons. The average Bonchev–Trinajstić information content (AvgIpc) is 1.56. The fourth-order valence-electron chi connectivity index (χ4n) is 14.1. The standard InChI is InChI=1S/C23H16F9OS.C23H16F9S.C21H15F6S.C18H11F4S.C18H10F3S/c1-13-7-14(21(24,25)26)10-19(8-13)34(18-5-3-17(33-2)4-6-18)20-11-15(22(27,28)29)9-16(12-20)23(30,31)32;1-13-3-5-18(6-4-13)33(19-8-14(2)7-15(10-19)21(24,25)26)20-11-16(22(27,28)29)9-17(12-20)23(30,31)32;1-14-5-2-8-17(11-14)28(18-9-3-6-15(12-18)20(22,23)24)19-10-4-7-16(13-19)21(25,26)27;19-12-6-13(20)9-17(8-12)23(16-4-2-1-3-5-16)18-10-14(21)7-15(22)11-18;19-11-1-5-14(6-2-11)22-17-7-3-12(20)9-15(17)16-10-13(21)4-8-18(16)22/h3-12H,1-2H3;3-12H,1-2H3;2-13H,1H3;1-11H;1-10H/q5*+1. The lowest BCUT2D eigenvalue weighted by molar-refractivity contribution is -0.145. The Morgan fingerprint density at radius 1 is 0.193 bits per heavy atom. The third kappa shape index (κ3) is 27.2. The van der Waals surface area contributed by atoms with Gasteiger partial charge in [0, 0.05) is 120 Å². The van der Waals surface area contributed by atoms with Gasteiger partial charge in [0.25, 0.3) is 0 Å². The summed E-state index contributed by atoms with van der Waals surface area (Å²) in [7, 11) is -4.64. The molecule has 2 unspecified atom stereocenters. The van der Waals surface area contributed by atoms with Gasteiger partial charge in [0.1, 0.15) is 46.5 Å². The Labute approximate surface area is 793 Å². The zero-order valence-corrected chi connectivity index (χ0v) is 76.3. The molecule has 0 radical (unpaired) electrons. The van der Waals surface area contributed by atoms with E-state index < -0.39 is 176 Å². The number of thiophene rings is 1. The lowest BCUT2D eigenvalue weighted by Crippen LogP contribution is -2.15. The van der Waals surface area contributed by atoms with Crippen LogP contribution in [0.5, 0.6) is 5.75 Å². The largest absolute Gasteiger partial charge is 0.497 e. The van der Waals surface area contributed by atoms with E-state index in [1.165, 1.54) is 154 Å². The van der Waals surface area contributed by atoms with Gasteiger partial charge in [-0.3, -0.25) is 0 Å². The number of aryl methyl sites for hydroxylation is 4. The van der Waals surface area contributed by atoms with Crippen LogP contribution in [0.1, 0.15) is 66.8 Å². The minimum atomic E-state index is -5.10. The zero-order valence-electron chi connectivity index (χ0n) is 72.3. The van der Waals surface area contributed by atoms with Crippen molar-refractivity contribution in [2.75, 3.05) is 7.11 Å². The predicted octanol–water partition coefficient (Wildman–Crippen LogP) is 35.2. The first-order chi connectivity index (χ1) is 65.4. The molecule has 0 aliphatic carbocycles. The summed E-state index contributed by atoms with van der Waals surface area (Å²) in [6.07, 6.45) is -38.9. The van der Waals surface area contributed by atoms with Crippen molar-refractivity contribution < 1.29 is 141 Å². The van der Waals surface area contributed by atoms with Crippen molar-refractivity contribution in [3.05, 3.63) is 429 Å². The number of methoxy groups -OCH3 is 1. The van der Waals surface area contributed by atoms with E-state index in [1.807, 2.05) is 13.0 Å². The Kier molecular flexibility index (Phi) is 32.6. The third-order valence-corrected chi connectivity index (χ3v) is 31.2. The van der Waals surface area contributed by atoms with E-state index in [4.69, 9.17) is 4.74 Å². The van der Waals surface area contributed by atoms with E-state index in [-0.39, 0.29) is 65.2 Å². The minimum Gasteiger partial charge on any atom is -0.497 e. The molecule has 0 aliphatic rings. The van der Waals surface area contributed by atoms with Crippen molar-refractivity contribution in [2.45, 2.75) is 136 Å². The lowest BCUT2D eigenvalue weighted by Gasteiger charge is -2.16. The number of hydrogen-bond acceptors (Lipinski definition) is 1. The smallest absolute Gasteiger partial charge is 0.416 e. The van der Waals surface area contributed by atoms with Gasteiger partial charge in [-0.15, -0.1) is 0 Å². The Hall–Kier alpha value is -12.5. The molecule has 0 fully saturated rings. The molecule has 0 saturated heterocycles. The molecule has 1 heterocycles. The Morgan fingerprint density at radius 3 is 0.800 bits per heavy atom. The van der Waals surface area contributed by atoms with Crippen LogP contribution in [0.3, 0.4) is 0 Å². The second-order valence-corrected chi connectivity index (χ2v) is 40.8. The number of rotatable bonds is 14. The molecule has 0 spiro atoms. The van der Waals surface area contributed by atoms with Crippen LogP contribution in [0.4, 0.5) is 136 Å². The highest BCUT2D eigenvalue weighted by atomic mass is 32.2. The number of ether oxygens (including phenoxy) is 1. The third-order valence-electron chi connectivity index (χ3n) is 20.2. The summed E-state index contributed by atoms with van der Waals surface area (Å²) in [5.74, 6) is -3.57. The topological polar surface area (TPSA) is 9.23 Å². The Balaban J connectivity index is 0.000000158. The highest BCUT2D eigenvalue weighted by molar-refractivity contribution is 7.98. The molecule has 16 rings (SSSR count). The first-order valence-corrected chi connectivity index (χ1v) is 46.6. The summed E-state index contributed by atoms with van der Waals surface area (Å²) in [4.78, 5) is 3.10. The van der Waals surface area contributed by atoms with Crippen molar-refractivity contribution in [3.63, 3.8) is 0 Å². The molecular weight excluding hydrogens is 2000 g/mol. The van der Waals surface area contributed by atoms with E-state index >= 15 is 0 Å². The highest BCUT2D eigenvalue weighted by Crippen LogP contribution is 2.51. The van der Waals surface area contributed by atoms with Gasteiger partial charge < -0.3 is 4.74 Å². The molecule has 0 amide bonds. The van der Waals surface area contributed by atoms with Gasteiger partial charge in [-0.05, 0) is 202 Å². The maximum absolute atomic E-state index is 13.6. The second kappa shape index (κ2) is 42.9. The van der Waals surface area contributed by atoms with Crippen LogP contribution in [-0.4, -0.2) is 7.11 Å². The molecule has 1 nitrogen and oxygen atoms in total. The monoisotopic (exact) mass is 2070 g/mol. The molecular formula is C103H68F31OS5+5. The van der Waals surface area contributed by atoms with E-state index in [0.29, 0.717) is 70.2 Å². The molecule has 0 aliphatic heterocycles. The number of alkyl halides is 24. The van der Waals surface area contributed by atoms with Gasteiger partial charge in [0.15, 0.2) is 73.0 Å². The van der Waals surface area contributed by atoms with E-state index in [2.05, 4.69) is 0 Å². The number of hydrogen-bond donors (Lipinski definition) is 0. The fraction of sp³-hybridized carbons (Fsp3) is 0.126. The molecule has 140 heavy (non-hydrogen) atoms. The van der Waals surface area contributed by atoms with E-state index in [0.717, 1.165) is 86.1 Å². The molecule has 37 heteroatoms. The SMILES string of the molecule is COc1ccc([S+](c2cc(C)cc(C(F)(F)F)c2)c2cc(C(F)(F)F)cc(C(F)(F)F)c2)cc1.Cc1ccc([S+](c2cc(C)cc(C(F)(F)F)c2)c2cc(C(F)(F)F)cc(C(F)(F)F)c2)cc1.Cc1cccc([S+](c2cccc(C(F)(F)F)c2)c2cccc(C(F)(F)F)c2)c1.Fc1cc(F)cc([S+](c2ccccc2)c2cc(F)cc(F)c2)c1.Fc1ccc(-[s+]2c3ccc(F)cc3c3cc(F)ccc32)cc1. The summed E-state index contributed by atoms with van der Waals surface area (Å²) >= 11 is 0. The van der Waals surface area contributed by atoms with Gasteiger partial charge in [0.2, 0.25) is 0 Å². The van der Waals surface area contributed by atoms with Crippen LogP contribution < -0.4 is 4.74 Å². The van der Waals surface area contributed by atoms with E-state index in [1.54, 1.807) is 91.9 Å². The van der Waals surface area contributed by atoms with E-state index in [9.17, 15) is 136 Å². The number of halogens is 31. The summed E-state index contributed by atoms with van der Waals surface area (Å²) in [6, 6.07) is 67.0. The van der Waals surface area contributed by atoms with Crippen molar-refractivity contribution in [2.24, 2.45) is 0 Å². The van der Waals surface area contributed by atoms with Crippen molar-refractivity contribution >= 4 is 74.2 Å². The van der Waals surface area contributed by atoms with Crippen LogP contribution in [0, 0.1) is 68.4 Å². The average molecular weight is 2070 g/mol. The Morgan fingerprint density at radius 2 is 0.464 bits per heavy atom. The quantitative estimate of drug-likeness (QED) is 0.0779. The van der Waals surface area contributed by atoms with Crippen LogP contribution in [0.25, 0.3) is 25.1 Å². The van der Waals surface area contributed by atoms with Crippen LogP contribution in [0.15, 0.2) is 380 Å². The number of benzene rings is 15. The number of fused-ring (bicyclic) bond motifs is 3. The molecule has 2 atom stereocenters. The summed E-state index contributed by atoms with van der Waals surface area (Å²) in [5, 5.41) is 1.42. The zero-order chi connectivity index (χ0) is 102. The lowest BCUT2D eigenvalue weighted by atomic mass is 10.1. The van der Waals surface area contributed by atoms with Gasteiger partial charge in [-0.1, -0.05) is 60.2 Å². The van der Waals surface area contributed by atoms with Gasteiger partial charge in [-0.2, -0.15) is 105 Å². The summed E-state index contributed by atoms with van der Waals surface area (Å²) in [6.45, 7) is 6.29. The first-order valence-electron chi connectivity index (χ1n) is 40.5. The van der Waals surface area contributed by atoms with Crippen molar-refractivity contribution in [1.82, 2.24) is 0 Å². The molecule has 0 N–H and O–H groups in total. The first kappa shape index (κ1) is 106. The summed E-state index contributed by atoms with van der Waals surface area (Å²) in [5.41, 5.74) is -7.95. The minimum absolute atomic E-state index is 0.00241. The molecule has 15 aromatic carbocycles. The van der Waals surface area contributed by atoms with Gasteiger partial charge in [0.05, 0.1) is 106 Å². The van der Waals surface area contributed by atoms with Crippen LogP contribution in [-0.2, 0) is 93.0 Å². The van der Waals surface area contributed by atoms with Crippen LogP contribution in [0.2, 0.25) is 0 Å². The maximum atomic E-state index is 13.6. The van der Waals surface area contributed by atoms with Crippen molar-refractivity contribution in [3.8, 4) is 10.6 Å². The molecule has 0 bridgehead atoms. The second-order valence-electron chi connectivity index (χ2n) is 30.7. The van der Waals surface area contributed by atoms with Crippen LogP contribution >= 0.6 is 10.5 Å². The molecule has 0 saturated carbocycles. The maximum Gasteiger partial charge on any atom is 0.416 e. The highest BCUT2D eigenvalue weighted by Gasteiger charge is 2.47. The Bertz CT molecular complexity index is 6790. The van der Waals surface area contributed by atoms with Crippen molar-refractivity contribution in [1.29, 1.82) is 0 Å². The van der Waals surface area contributed by atoms with Gasteiger partial charge >= 0.3 is 49.4 Å². The normalized spacial score (nSPS) is 12.6. The predicted molar refractivity (Wildman–Crippen MR) is 476 cm³/mol.